The Morgan fingerprint density at radius 1 is 1.35 bits per heavy atom. The maximum absolute atomic E-state index is 13.6. The van der Waals surface area contributed by atoms with E-state index < -0.39 is 11.6 Å². The Bertz CT molecular complexity index is 369. The predicted molar refractivity (Wildman–Crippen MR) is 63.5 cm³/mol. The summed E-state index contributed by atoms with van der Waals surface area (Å²) in [5.74, 6) is -1.62. The van der Waals surface area contributed by atoms with E-state index in [0.29, 0.717) is 24.1 Å². The van der Waals surface area contributed by atoms with Gasteiger partial charge in [0.05, 0.1) is 6.61 Å². The standard InChI is InChI=1S/C12H13BrF2O2/c13-6-8-4-10(14)12(11(15)5-8)17-9-2-1-3-16-7-9/h4-5,9H,1-3,6-7H2. The normalized spacial score (nSPS) is 20.3. The van der Waals surface area contributed by atoms with E-state index in [1.54, 1.807) is 0 Å². The molecule has 1 saturated heterocycles. The van der Waals surface area contributed by atoms with E-state index in [4.69, 9.17) is 9.47 Å². The minimum absolute atomic E-state index is 0.262. The van der Waals surface area contributed by atoms with Crippen LogP contribution in [-0.2, 0) is 10.1 Å². The van der Waals surface area contributed by atoms with Crippen LogP contribution in [0, 0.1) is 11.6 Å². The molecule has 0 bridgehead atoms. The number of benzene rings is 1. The molecule has 5 heteroatoms. The summed E-state index contributed by atoms with van der Waals surface area (Å²) >= 11 is 3.15. The minimum atomic E-state index is -0.662. The van der Waals surface area contributed by atoms with Crippen LogP contribution in [0.1, 0.15) is 18.4 Å². The van der Waals surface area contributed by atoms with Crippen molar-refractivity contribution in [2.75, 3.05) is 13.2 Å². The van der Waals surface area contributed by atoms with Crippen molar-refractivity contribution in [3.63, 3.8) is 0 Å². The van der Waals surface area contributed by atoms with Gasteiger partial charge in [-0.25, -0.2) is 8.78 Å². The van der Waals surface area contributed by atoms with Gasteiger partial charge in [0.1, 0.15) is 6.10 Å². The lowest BCUT2D eigenvalue weighted by Gasteiger charge is -2.23. The van der Waals surface area contributed by atoms with Gasteiger partial charge in [0.15, 0.2) is 17.4 Å². The zero-order chi connectivity index (χ0) is 12.3. The van der Waals surface area contributed by atoms with Crippen LogP contribution in [0.5, 0.6) is 5.75 Å². The van der Waals surface area contributed by atoms with E-state index in [2.05, 4.69) is 15.9 Å². The second kappa shape index (κ2) is 5.78. The number of halogens is 3. The largest absolute Gasteiger partial charge is 0.482 e. The third kappa shape index (κ3) is 3.16. The van der Waals surface area contributed by atoms with Gasteiger partial charge in [-0.15, -0.1) is 0 Å². The molecule has 1 aromatic carbocycles. The molecule has 1 aromatic rings. The average molecular weight is 307 g/mol. The van der Waals surface area contributed by atoms with Crippen molar-refractivity contribution >= 4 is 15.9 Å². The Hall–Kier alpha value is -0.680. The van der Waals surface area contributed by atoms with Crippen molar-refractivity contribution in [1.29, 1.82) is 0 Å². The Labute approximate surface area is 107 Å². The predicted octanol–water partition coefficient (Wildman–Crippen LogP) is 3.42. The Morgan fingerprint density at radius 2 is 2.06 bits per heavy atom. The summed E-state index contributed by atoms with van der Waals surface area (Å²) in [4.78, 5) is 0. The molecular formula is C12H13BrF2O2. The first kappa shape index (κ1) is 12.8. The highest BCUT2D eigenvalue weighted by Crippen LogP contribution is 2.26. The summed E-state index contributed by atoms with van der Waals surface area (Å²) in [5, 5.41) is 0.410. The summed E-state index contributed by atoms with van der Waals surface area (Å²) in [6.07, 6.45) is 1.36. The average Bonchev–Trinajstić information content (AvgIpc) is 2.35. The maximum Gasteiger partial charge on any atom is 0.191 e. The monoisotopic (exact) mass is 306 g/mol. The molecule has 1 heterocycles. The van der Waals surface area contributed by atoms with Gasteiger partial charge in [-0.2, -0.15) is 0 Å². The molecule has 1 unspecified atom stereocenters. The van der Waals surface area contributed by atoms with Gasteiger partial charge in [-0.05, 0) is 30.5 Å². The van der Waals surface area contributed by atoms with Crippen molar-refractivity contribution < 1.29 is 18.3 Å². The van der Waals surface area contributed by atoms with E-state index in [1.165, 1.54) is 12.1 Å². The van der Waals surface area contributed by atoms with Crippen LogP contribution in [0.3, 0.4) is 0 Å². The van der Waals surface area contributed by atoms with Crippen LogP contribution in [0.2, 0.25) is 0 Å². The minimum Gasteiger partial charge on any atom is -0.482 e. The lowest BCUT2D eigenvalue weighted by atomic mass is 10.1. The van der Waals surface area contributed by atoms with Gasteiger partial charge >= 0.3 is 0 Å². The molecule has 0 N–H and O–H groups in total. The molecule has 0 radical (unpaired) electrons. The van der Waals surface area contributed by atoms with Crippen molar-refractivity contribution in [2.24, 2.45) is 0 Å². The number of rotatable bonds is 3. The van der Waals surface area contributed by atoms with Crippen LogP contribution in [-0.4, -0.2) is 19.3 Å². The molecule has 1 atom stereocenters. The zero-order valence-electron chi connectivity index (χ0n) is 9.22. The summed E-state index contributed by atoms with van der Waals surface area (Å²) in [5.41, 5.74) is 0.548. The lowest BCUT2D eigenvalue weighted by molar-refractivity contribution is 0.00419. The smallest absolute Gasteiger partial charge is 0.191 e. The zero-order valence-corrected chi connectivity index (χ0v) is 10.8. The van der Waals surface area contributed by atoms with Gasteiger partial charge in [-0.3, -0.25) is 0 Å². The quantitative estimate of drug-likeness (QED) is 0.797. The van der Waals surface area contributed by atoms with Crippen LogP contribution in [0.15, 0.2) is 12.1 Å². The lowest BCUT2D eigenvalue weighted by Crippen LogP contribution is -2.28. The van der Waals surface area contributed by atoms with Crippen molar-refractivity contribution in [3.8, 4) is 5.75 Å². The van der Waals surface area contributed by atoms with E-state index >= 15 is 0 Å². The molecule has 1 aliphatic rings. The molecular weight excluding hydrogens is 294 g/mol. The topological polar surface area (TPSA) is 18.5 Å². The Morgan fingerprint density at radius 3 is 2.59 bits per heavy atom. The fraction of sp³-hybridized carbons (Fsp3) is 0.500. The third-order valence-electron chi connectivity index (χ3n) is 2.62. The number of hydrogen-bond donors (Lipinski definition) is 0. The Kier molecular flexibility index (Phi) is 4.34. The van der Waals surface area contributed by atoms with Gasteiger partial charge in [0.2, 0.25) is 0 Å². The fourth-order valence-corrected chi connectivity index (χ4v) is 2.10. The van der Waals surface area contributed by atoms with E-state index in [9.17, 15) is 8.78 Å². The van der Waals surface area contributed by atoms with Crippen LogP contribution in [0.25, 0.3) is 0 Å². The summed E-state index contributed by atoms with van der Waals surface area (Å²) in [7, 11) is 0. The van der Waals surface area contributed by atoms with E-state index in [-0.39, 0.29) is 11.9 Å². The summed E-state index contributed by atoms with van der Waals surface area (Å²) < 4.78 is 37.8. The molecule has 0 amide bonds. The van der Waals surface area contributed by atoms with Gasteiger partial charge in [-0.1, -0.05) is 15.9 Å². The molecule has 0 aliphatic carbocycles. The molecule has 94 valence electrons. The number of alkyl halides is 1. The van der Waals surface area contributed by atoms with Gasteiger partial charge in [0, 0.05) is 11.9 Å². The summed E-state index contributed by atoms with van der Waals surface area (Å²) in [6.45, 7) is 1.08. The van der Waals surface area contributed by atoms with E-state index in [0.717, 1.165) is 12.8 Å². The SMILES string of the molecule is Fc1cc(CBr)cc(F)c1OC1CCCOC1. The first-order valence-electron chi connectivity index (χ1n) is 5.49. The number of ether oxygens (including phenoxy) is 2. The molecule has 1 aliphatic heterocycles. The maximum atomic E-state index is 13.6. The highest BCUT2D eigenvalue weighted by molar-refractivity contribution is 9.08. The summed E-state index contributed by atoms with van der Waals surface area (Å²) in [6, 6.07) is 2.55. The van der Waals surface area contributed by atoms with Crippen LogP contribution >= 0.6 is 15.9 Å². The first-order valence-corrected chi connectivity index (χ1v) is 6.61. The molecule has 17 heavy (non-hydrogen) atoms. The fourth-order valence-electron chi connectivity index (χ4n) is 1.77. The first-order chi connectivity index (χ1) is 8.20. The molecule has 0 aromatic heterocycles. The van der Waals surface area contributed by atoms with Gasteiger partial charge < -0.3 is 9.47 Å². The van der Waals surface area contributed by atoms with Crippen LogP contribution in [0.4, 0.5) is 8.78 Å². The second-order valence-corrected chi connectivity index (χ2v) is 4.54. The van der Waals surface area contributed by atoms with Crippen LogP contribution < -0.4 is 4.74 Å². The highest BCUT2D eigenvalue weighted by atomic mass is 79.9. The van der Waals surface area contributed by atoms with E-state index in [1.807, 2.05) is 0 Å². The second-order valence-electron chi connectivity index (χ2n) is 3.98. The molecule has 2 nitrogen and oxygen atoms in total. The Balaban J connectivity index is 2.14. The molecule has 0 spiro atoms. The molecule has 2 rings (SSSR count). The number of hydrogen-bond acceptors (Lipinski definition) is 2. The van der Waals surface area contributed by atoms with Crippen molar-refractivity contribution in [2.45, 2.75) is 24.3 Å². The van der Waals surface area contributed by atoms with Crippen molar-refractivity contribution in [3.05, 3.63) is 29.3 Å². The molecule has 1 fully saturated rings. The highest BCUT2D eigenvalue weighted by Gasteiger charge is 2.20. The third-order valence-corrected chi connectivity index (χ3v) is 3.26. The van der Waals surface area contributed by atoms with Gasteiger partial charge in [0.25, 0.3) is 0 Å². The molecule has 0 saturated carbocycles. The van der Waals surface area contributed by atoms with Crippen molar-refractivity contribution in [1.82, 2.24) is 0 Å².